The van der Waals surface area contributed by atoms with Crippen LogP contribution in [0, 0.1) is 0 Å². The Kier molecular flexibility index (Phi) is 5.01. The van der Waals surface area contributed by atoms with E-state index in [0.29, 0.717) is 5.02 Å². The molecule has 29 heavy (non-hydrogen) atoms. The molecule has 0 aliphatic rings. The van der Waals surface area contributed by atoms with E-state index in [2.05, 4.69) is 77.4 Å². The predicted octanol–water partition coefficient (Wildman–Crippen LogP) is 7.18. The number of aromatic nitrogens is 2. The standard InChI is InChI=1S/C25H19ClN2S/c26-21-13-14-24-23(15-21)27-25(28(24)16-18-7-2-1-3-8-18)29-17-20-11-6-10-19-9-4-5-12-22(19)20/h1-15H,16-17H2. The molecule has 0 spiro atoms. The molecule has 0 radical (unpaired) electrons. The highest BCUT2D eigenvalue weighted by molar-refractivity contribution is 7.98. The number of halogens is 1. The van der Waals surface area contributed by atoms with Crippen LogP contribution in [0.2, 0.25) is 5.02 Å². The van der Waals surface area contributed by atoms with E-state index in [1.165, 1.54) is 21.9 Å². The van der Waals surface area contributed by atoms with Crippen molar-refractivity contribution in [1.29, 1.82) is 0 Å². The van der Waals surface area contributed by atoms with Gasteiger partial charge in [-0.05, 0) is 40.1 Å². The first kappa shape index (κ1) is 18.3. The number of rotatable bonds is 5. The molecule has 1 aromatic heterocycles. The predicted molar refractivity (Wildman–Crippen MR) is 124 cm³/mol. The Labute approximate surface area is 179 Å². The van der Waals surface area contributed by atoms with E-state index in [1.54, 1.807) is 11.8 Å². The maximum absolute atomic E-state index is 6.22. The van der Waals surface area contributed by atoms with Gasteiger partial charge in [0.15, 0.2) is 5.16 Å². The van der Waals surface area contributed by atoms with Gasteiger partial charge in [-0.1, -0.05) is 96.2 Å². The molecule has 0 atom stereocenters. The molecule has 0 unspecified atom stereocenters. The van der Waals surface area contributed by atoms with Crippen molar-refractivity contribution in [2.45, 2.75) is 17.5 Å². The molecule has 4 heteroatoms. The summed E-state index contributed by atoms with van der Waals surface area (Å²) in [5.41, 5.74) is 4.63. The molecule has 142 valence electrons. The maximum Gasteiger partial charge on any atom is 0.169 e. The second-order valence-electron chi connectivity index (χ2n) is 7.03. The van der Waals surface area contributed by atoms with Gasteiger partial charge in [-0.3, -0.25) is 0 Å². The highest BCUT2D eigenvalue weighted by Gasteiger charge is 2.13. The molecule has 0 N–H and O–H groups in total. The minimum Gasteiger partial charge on any atom is -0.314 e. The third-order valence-corrected chi connectivity index (χ3v) is 6.36. The van der Waals surface area contributed by atoms with Crippen LogP contribution >= 0.6 is 23.4 Å². The molecule has 4 aromatic carbocycles. The number of hydrogen-bond acceptors (Lipinski definition) is 2. The smallest absolute Gasteiger partial charge is 0.169 e. The first-order valence-corrected chi connectivity index (χ1v) is 10.9. The van der Waals surface area contributed by atoms with Gasteiger partial charge in [-0.25, -0.2) is 4.98 Å². The number of hydrogen-bond donors (Lipinski definition) is 0. The summed E-state index contributed by atoms with van der Waals surface area (Å²) in [5, 5.41) is 4.30. The molecule has 0 fully saturated rings. The summed E-state index contributed by atoms with van der Waals surface area (Å²) < 4.78 is 2.29. The molecule has 0 amide bonds. The molecular weight excluding hydrogens is 396 g/mol. The van der Waals surface area contributed by atoms with E-state index in [4.69, 9.17) is 16.6 Å². The van der Waals surface area contributed by atoms with Gasteiger partial charge in [0.25, 0.3) is 0 Å². The monoisotopic (exact) mass is 414 g/mol. The SMILES string of the molecule is Clc1ccc2c(c1)nc(SCc1cccc3ccccc13)n2Cc1ccccc1. The first-order valence-electron chi connectivity index (χ1n) is 9.57. The van der Waals surface area contributed by atoms with Gasteiger partial charge >= 0.3 is 0 Å². The molecule has 5 rings (SSSR count). The van der Waals surface area contributed by atoms with Gasteiger partial charge in [0.2, 0.25) is 0 Å². The van der Waals surface area contributed by atoms with Crippen molar-refractivity contribution >= 4 is 45.2 Å². The van der Waals surface area contributed by atoms with Crippen LogP contribution in [0.15, 0.2) is 96.2 Å². The average Bonchev–Trinajstić information content (AvgIpc) is 3.09. The van der Waals surface area contributed by atoms with Crippen molar-refractivity contribution in [3.8, 4) is 0 Å². The molecule has 1 heterocycles. The Morgan fingerprint density at radius 1 is 0.828 bits per heavy atom. The number of nitrogens with zero attached hydrogens (tertiary/aromatic N) is 2. The van der Waals surface area contributed by atoms with E-state index >= 15 is 0 Å². The number of thioether (sulfide) groups is 1. The largest absolute Gasteiger partial charge is 0.314 e. The van der Waals surface area contributed by atoms with Crippen LogP contribution in [0.5, 0.6) is 0 Å². The van der Waals surface area contributed by atoms with Crippen LogP contribution in [0.4, 0.5) is 0 Å². The van der Waals surface area contributed by atoms with Crippen molar-refractivity contribution in [2.24, 2.45) is 0 Å². The maximum atomic E-state index is 6.22. The topological polar surface area (TPSA) is 17.8 Å². The van der Waals surface area contributed by atoms with Crippen LogP contribution < -0.4 is 0 Å². The van der Waals surface area contributed by atoms with Crippen molar-refractivity contribution in [2.75, 3.05) is 0 Å². The molecular formula is C25H19ClN2S. The number of imidazole rings is 1. The molecule has 5 aromatic rings. The van der Waals surface area contributed by atoms with E-state index in [0.717, 1.165) is 28.5 Å². The average molecular weight is 415 g/mol. The van der Waals surface area contributed by atoms with Crippen LogP contribution in [0.25, 0.3) is 21.8 Å². The van der Waals surface area contributed by atoms with Gasteiger partial charge in [0.1, 0.15) is 0 Å². The highest BCUT2D eigenvalue weighted by Crippen LogP contribution is 2.31. The van der Waals surface area contributed by atoms with Gasteiger partial charge in [0.05, 0.1) is 17.6 Å². The quantitative estimate of drug-likeness (QED) is 0.283. The Morgan fingerprint density at radius 2 is 1.62 bits per heavy atom. The zero-order valence-corrected chi connectivity index (χ0v) is 17.3. The Morgan fingerprint density at radius 3 is 2.52 bits per heavy atom. The Balaban J connectivity index is 1.52. The molecule has 0 aliphatic carbocycles. The summed E-state index contributed by atoms with van der Waals surface area (Å²) in [5.74, 6) is 0.868. The van der Waals surface area contributed by atoms with Crippen LogP contribution in [0.1, 0.15) is 11.1 Å². The van der Waals surface area contributed by atoms with Gasteiger partial charge < -0.3 is 4.57 Å². The van der Waals surface area contributed by atoms with E-state index in [1.807, 2.05) is 18.2 Å². The second kappa shape index (κ2) is 7.94. The summed E-state index contributed by atoms with van der Waals surface area (Å²) >= 11 is 8.00. The second-order valence-corrected chi connectivity index (χ2v) is 8.41. The summed E-state index contributed by atoms with van der Waals surface area (Å²) in [6.45, 7) is 0.789. The summed E-state index contributed by atoms with van der Waals surface area (Å²) in [7, 11) is 0. The van der Waals surface area contributed by atoms with Crippen LogP contribution in [-0.4, -0.2) is 9.55 Å². The lowest BCUT2D eigenvalue weighted by atomic mass is 10.1. The molecule has 0 aliphatic heterocycles. The number of fused-ring (bicyclic) bond motifs is 2. The highest BCUT2D eigenvalue weighted by atomic mass is 35.5. The molecule has 0 saturated carbocycles. The molecule has 2 nitrogen and oxygen atoms in total. The lowest BCUT2D eigenvalue weighted by Gasteiger charge is -2.10. The first-order chi connectivity index (χ1) is 14.3. The normalized spacial score (nSPS) is 11.3. The lowest BCUT2D eigenvalue weighted by molar-refractivity contribution is 0.731. The van der Waals surface area contributed by atoms with Gasteiger partial charge in [0, 0.05) is 10.8 Å². The molecule has 0 bridgehead atoms. The fourth-order valence-corrected chi connectivity index (χ4v) is 4.85. The van der Waals surface area contributed by atoms with Crippen molar-refractivity contribution in [1.82, 2.24) is 9.55 Å². The van der Waals surface area contributed by atoms with Gasteiger partial charge in [-0.2, -0.15) is 0 Å². The Hall–Kier alpha value is -2.75. The van der Waals surface area contributed by atoms with E-state index < -0.39 is 0 Å². The van der Waals surface area contributed by atoms with Crippen LogP contribution in [-0.2, 0) is 12.3 Å². The fourth-order valence-electron chi connectivity index (χ4n) is 3.67. The van der Waals surface area contributed by atoms with E-state index in [9.17, 15) is 0 Å². The minimum atomic E-state index is 0.715. The van der Waals surface area contributed by atoms with Gasteiger partial charge in [-0.15, -0.1) is 0 Å². The third kappa shape index (κ3) is 3.76. The van der Waals surface area contributed by atoms with Crippen LogP contribution in [0.3, 0.4) is 0 Å². The summed E-state index contributed by atoms with van der Waals surface area (Å²) in [6, 6.07) is 31.5. The third-order valence-electron chi connectivity index (χ3n) is 5.10. The zero-order valence-electron chi connectivity index (χ0n) is 15.8. The summed E-state index contributed by atoms with van der Waals surface area (Å²) in [4.78, 5) is 4.91. The van der Waals surface area contributed by atoms with Crippen molar-refractivity contribution in [3.63, 3.8) is 0 Å². The lowest BCUT2D eigenvalue weighted by Crippen LogP contribution is -2.01. The number of benzene rings is 4. The minimum absolute atomic E-state index is 0.715. The summed E-state index contributed by atoms with van der Waals surface area (Å²) in [6.07, 6.45) is 0. The fraction of sp³-hybridized carbons (Fsp3) is 0.0800. The van der Waals surface area contributed by atoms with Crippen molar-refractivity contribution in [3.05, 3.63) is 107 Å². The molecule has 0 saturated heterocycles. The van der Waals surface area contributed by atoms with Crippen molar-refractivity contribution < 1.29 is 0 Å². The Bertz CT molecular complexity index is 1290. The van der Waals surface area contributed by atoms with E-state index in [-0.39, 0.29) is 0 Å². The zero-order chi connectivity index (χ0) is 19.6.